The van der Waals surface area contributed by atoms with Gasteiger partial charge in [0.2, 0.25) is 5.91 Å². The lowest BCUT2D eigenvalue weighted by atomic mass is 9.82. The van der Waals surface area contributed by atoms with Gasteiger partial charge >= 0.3 is 0 Å². The van der Waals surface area contributed by atoms with Gasteiger partial charge in [0.1, 0.15) is 6.04 Å². The SMILES string of the molecule is CC[C@H](C)[C@H]1c2[nH]c3ccccc3c2CCN1C(=O)[C@H](N1C(=O)c2ccccc2C1=O)C(C)(C)C. The molecule has 3 atom stereocenters. The van der Waals surface area contributed by atoms with Crippen LogP contribution in [-0.4, -0.2) is 45.1 Å². The minimum Gasteiger partial charge on any atom is -0.356 e. The number of imide groups is 1. The average molecular weight is 472 g/mol. The zero-order chi connectivity index (χ0) is 25.1. The second-order valence-electron chi connectivity index (χ2n) is 11.0. The van der Waals surface area contributed by atoms with Gasteiger partial charge in [-0.15, -0.1) is 0 Å². The number of fused-ring (bicyclic) bond motifs is 4. The van der Waals surface area contributed by atoms with Crippen molar-refractivity contribution in [3.8, 4) is 0 Å². The first-order chi connectivity index (χ1) is 16.6. The summed E-state index contributed by atoms with van der Waals surface area (Å²) >= 11 is 0. The number of hydrogen-bond acceptors (Lipinski definition) is 3. The molecule has 2 aliphatic rings. The first kappa shape index (κ1) is 23.3. The molecule has 3 aromatic rings. The highest BCUT2D eigenvalue weighted by molar-refractivity contribution is 6.23. The molecule has 1 aromatic heterocycles. The lowest BCUT2D eigenvalue weighted by molar-refractivity contribution is -0.143. The molecule has 3 heterocycles. The number of hydrogen-bond donors (Lipinski definition) is 1. The van der Waals surface area contributed by atoms with E-state index in [-0.39, 0.29) is 29.7 Å². The third-order valence-electron chi connectivity index (χ3n) is 7.68. The summed E-state index contributed by atoms with van der Waals surface area (Å²) in [7, 11) is 0. The molecule has 5 rings (SSSR count). The van der Waals surface area contributed by atoms with Crippen LogP contribution in [0.25, 0.3) is 10.9 Å². The summed E-state index contributed by atoms with van der Waals surface area (Å²) < 4.78 is 0. The van der Waals surface area contributed by atoms with E-state index >= 15 is 0 Å². The van der Waals surface area contributed by atoms with E-state index in [1.54, 1.807) is 24.3 Å². The first-order valence-electron chi connectivity index (χ1n) is 12.5. The molecule has 3 amide bonds. The van der Waals surface area contributed by atoms with Gasteiger partial charge in [-0.1, -0.05) is 71.4 Å². The standard InChI is InChI=1S/C29H33N3O3/c1-6-17(2)24-23-19(18-11-9-10-14-22(18)30-23)15-16-31(24)28(35)25(29(3,4)5)32-26(33)20-12-7-8-13-21(20)27(32)34/h7-14,17,24-25,30H,6,15-16H2,1-5H3/t17-,24-,25-/m0/s1. The highest BCUT2D eigenvalue weighted by atomic mass is 16.2. The Morgan fingerprint density at radius 1 is 1.03 bits per heavy atom. The maximum Gasteiger partial charge on any atom is 0.262 e. The lowest BCUT2D eigenvalue weighted by Gasteiger charge is -2.44. The normalized spacial score (nSPS) is 19.6. The van der Waals surface area contributed by atoms with E-state index in [1.165, 1.54) is 15.8 Å². The molecule has 0 radical (unpaired) electrons. The zero-order valence-corrected chi connectivity index (χ0v) is 21.1. The van der Waals surface area contributed by atoms with Crippen molar-refractivity contribution in [1.82, 2.24) is 14.8 Å². The van der Waals surface area contributed by atoms with E-state index in [2.05, 4.69) is 31.0 Å². The van der Waals surface area contributed by atoms with Crippen LogP contribution in [0.15, 0.2) is 48.5 Å². The van der Waals surface area contributed by atoms with E-state index in [9.17, 15) is 14.4 Å². The van der Waals surface area contributed by atoms with Gasteiger partial charge in [0.05, 0.1) is 17.2 Å². The predicted molar refractivity (Wildman–Crippen MR) is 136 cm³/mol. The molecule has 2 aromatic carbocycles. The molecule has 0 bridgehead atoms. The number of amides is 3. The van der Waals surface area contributed by atoms with Gasteiger partial charge in [0.25, 0.3) is 11.8 Å². The molecule has 0 spiro atoms. The van der Waals surface area contributed by atoms with Crippen molar-refractivity contribution in [3.05, 3.63) is 70.9 Å². The molecule has 0 aliphatic carbocycles. The van der Waals surface area contributed by atoms with Crippen LogP contribution in [-0.2, 0) is 11.2 Å². The van der Waals surface area contributed by atoms with Crippen LogP contribution in [0.2, 0.25) is 0 Å². The van der Waals surface area contributed by atoms with E-state index < -0.39 is 11.5 Å². The smallest absolute Gasteiger partial charge is 0.262 e. The summed E-state index contributed by atoms with van der Waals surface area (Å²) in [6, 6.07) is 14.1. The van der Waals surface area contributed by atoms with Crippen LogP contribution in [0.4, 0.5) is 0 Å². The van der Waals surface area contributed by atoms with Crippen molar-refractivity contribution in [2.75, 3.05) is 6.54 Å². The minimum absolute atomic E-state index is 0.149. The first-order valence-corrected chi connectivity index (χ1v) is 12.5. The molecule has 0 fully saturated rings. The van der Waals surface area contributed by atoms with Crippen LogP contribution < -0.4 is 0 Å². The molecular weight excluding hydrogens is 438 g/mol. The molecule has 0 unspecified atom stereocenters. The fourth-order valence-electron chi connectivity index (χ4n) is 5.80. The lowest BCUT2D eigenvalue weighted by Crippen LogP contribution is -2.58. The van der Waals surface area contributed by atoms with Crippen LogP contribution in [0.3, 0.4) is 0 Å². The van der Waals surface area contributed by atoms with Crippen molar-refractivity contribution in [2.45, 2.75) is 59.5 Å². The summed E-state index contributed by atoms with van der Waals surface area (Å²) in [6.45, 7) is 10.6. The van der Waals surface area contributed by atoms with Crippen molar-refractivity contribution < 1.29 is 14.4 Å². The van der Waals surface area contributed by atoms with Crippen molar-refractivity contribution in [1.29, 1.82) is 0 Å². The number of benzene rings is 2. The Bertz CT molecular complexity index is 1300. The third kappa shape index (κ3) is 3.58. The monoisotopic (exact) mass is 471 g/mol. The molecule has 0 saturated carbocycles. The number of carbonyl (C=O) groups excluding carboxylic acids is 3. The van der Waals surface area contributed by atoms with Crippen LogP contribution in [0, 0.1) is 11.3 Å². The molecular formula is C29H33N3O3. The number of aromatic nitrogens is 1. The number of H-pyrrole nitrogens is 1. The quantitative estimate of drug-likeness (QED) is 0.521. The van der Waals surface area contributed by atoms with Crippen molar-refractivity contribution >= 4 is 28.6 Å². The molecule has 35 heavy (non-hydrogen) atoms. The number of nitrogens with one attached hydrogen (secondary N) is 1. The highest BCUT2D eigenvalue weighted by Gasteiger charge is 2.50. The van der Waals surface area contributed by atoms with E-state index in [0.29, 0.717) is 17.7 Å². The van der Waals surface area contributed by atoms with Gasteiger partial charge in [-0.05, 0) is 41.5 Å². The Hall–Kier alpha value is -3.41. The van der Waals surface area contributed by atoms with Gasteiger partial charge in [-0.25, -0.2) is 0 Å². The number of nitrogens with zero attached hydrogens (tertiary/aromatic N) is 2. The van der Waals surface area contributed by atoms with Crippen LogP contribution >= 0.6 is 0 Å². The average Bonchev–Trinajstić information content (AvgIpc) is 3.33. The zero-order valence-electron chi connectivity index (χ0n) is 21.1. The highest BCUT2D eigenvalue weighted by Crippen LogP contribution is 2.42. The number of carbonyl (C=O) groups is 3. The van der Waals surface area contributed by atoms with E-state index in [4.69, 9.17) is 0 Å². The van der Waals surface area contributed by atoms with Gasteiger partial charge in [-0.3, -0.25) is 19.3 Å². The minimum atomic E-state index is -0.896. The fourth-order valence-corrected chi connectivity index (χ4v) is 5.80. The second-order valence-corrected chi connectivity index (χ2v) is 11.0. The third-order valence-corrected chi connectivity index (χ3v) is 7.68. The van der Waals surface area contributed by atoms with Crippen molar-refractivity contribution in [3.63, 3.8) is 0 Å². The maximum absolute atomic E-state index is 14.4. The molecule has 2 aliphatic heterocycles. The van der Waals surface area contributed by atoms with Gasteiger partial charge in [0, 0.05) is 23.1 Å². The van der Waals surface area contributed by atoms with Gasteiger partial charge < -0.3 is 9.88 Å². The summed E-state index contributed by atoms with van der Waals surface area (Å²) in [5, 5.41) is 1.20. The summed E-state index contributed by atoms with van der Waals surface area (Å²) in [6.07, 6.45) is 1.63. The second kappa shape index (κ2) is 8.36. The molecule has 182 valence electrons. The molecule has 6 heteroatoms. The number of rotatable bonds is 4. The van der Waals surface area contributed by atoms with Gasteiger partial charge in [-0.2, -0.15) is 0 Å². The Morgan fingerprint density at radius 3 is 2.23 bits per heavy atom. The molecule has 1 N–H and O–H groups in total. The molecule has 6 nitrogen and oxygen atoms in total. The largest absolute Gasteiger partial charge is 0.356 e. The number of aromatic amines is 1. The predicted octanol–water partition coefficient (Wildman–Crippen LogP) is 5.35. The van der Waals surface area contributed by atoms with Crippen LogP contribution in [0.1, 0.15) is 79.1 Å². The Labute approximate surface area is 206 Å². The Morgan fingerprint density at radius 2 is 1.63 bits per heavy atom. The Balaban J connectivity index is 1.58. The van der Waals surface area contributed by atoms with Crippen molar-refractivity contribution in [2.24, 2.45) is 11.3 Å². The number of para-hydroxylation sites is 1. The maximum atomic E-state index is 14.4. The van der Waals surface area contributed by atoms with E-state index in [1.807, 2.05) is 37.8 Å². The fraction of sp³-hybridized carbons (Fsp3) is 0.414. The van der Waals surface area contributed by atoms with Crippen LogP contribution in [0.5, 0.6) is 0 Å². The molecule has 0 saturated heterocycles. The topological polar surface area (TPSA) is 73.5 Å². The van der Waals surface area contributed by atoms with Gasteiger partial charge in [0.15, 0.2) is 0 Å². The summed E-state index contributed by atoms with van der Waals surface area (Å²) in [4.78, 5) is 47.9. The Kier molecular flexibility index (Phi) is 5.58. The summed E-state index contributed by atoms with van der Waals surface area (Å²) in [5.74, 6) is -0.736. The van der Waals surface area contributed by atoms with E-state index in [0.717, 1.165) is 24.1 Å². The summed E-state index contributed by atoms with van der Waals surface area (Å²) in [5.41, 5.74) is 3.53.